The smallest absolute Gasteiger partial charge is 0.305 e. The van der Waals surface area contributed by atoms with E-state index >= 15 is 0 Å². The fourth-order valence-corrected chi connectivity index (χ4v) is 2.70. The Hall–Kier alpha value is -3.66. The molecule has 0 saturated heterocycles. The monoisotopic (exact) mass is 434 g/mol. The molecule has 0 fully saturated rings. The van der Waals surface area contributed by atoms with Gasteiger partial charge in [0.15, 0.2) is 0 Å². The van der Waals surface area contributed by atoms with Crippen molar-refractivity contribution >= 4 is 47.0 Å². The number of hydrogen-bond donors (Lipinski definition) is 4. The molecule has 0 saturated carbocycles. The number of halogens is 1. The molecule has 0 spiro atoms. The van der Waals surface area contributed by atoms with Gasteiger partial charge in [-0.1, -0.05) is 11.6 Å². The second-order valence-corrected chi connectivity index (χ2v) is 6.76. The largest absolute Gasteiger partial charge is 0.481 e. The number of carbonyl (C=O) groups is 4. The second-order valence-electron chi connectivity index (χ2n) is 6.35. The van der Waals surface area contributed by atoms with Crippen LogP contribution in [0.3, 0.4) is 0 Å². The molecule has 0 bridgehead atoms. The number of carboxylic acid groups (broad SMARTS) is 1. The van der Waals surface area contributed by atoms with Gasteiger partial charge in [0.1, 0.15) is 18.0 Å². The predicted molar refractivity (Wildman–Crippen MR) is 109 cm³/mol. The molecule has 5 N–H and O–H groups in total. The average molecular weight is 435 g/mol. The number of benzene rings is 1. The van der Waals surface area contributed by atoms with E-state index in [1.54, 1.807) is 0 Å². The highest BCUT2D eigenvalue weighted by molar-refractivity contribution is 6.33. The summed E-state index contributed by atoms with van der Waals surface area (Å²) in [5.41, 5.74) is 5.32. The van der Waals surface area contributed by atoms with Crippen molar-refractivity contribution in [3.63, 3.8) is 0 Å². The number of hydrogen-bond acceptors (Lipinski definition) is 6. The zero-order valence-corrected chi connectivity index (χ0v) is 16.6. The van der Waals surface area contributed by atoms with E-state index in [0.29, 0.717) is 12.0 Å². The van der Waals surface area contributed by atoms with Gasteiger partial charge in [0.05, 0.1) is 23.2 Å². The lowest BCUT2D eigenvalue weighted by atomic mass is 10.2. The molecule has 0 radical (unpaired) electrons. The lowest BCUT2D eigenvalue weighted by molar-refractivity contribution is -0.139. The lowest BCUT2D eigenvalue weighted by Crippen LogP contribution is -2.43. The van der Waals surface area contributed by atoms with Crippen LogP contribution in [-0.4, -0.2) is 39.8 Å². The van der Waals surface area contributed by atoms with E-state index < -0.39 is 41.8 Å². The van der Waals surface area contributed by atoms with Gasteiger partial charge in [-0.25, -0.2) is 0 Å². The maximum atomic E-state index is 12.7. The van der Waals surface area contributed by atoms with Crippen LogP contribution in [0, 0.1) is 0 Å². The lowest BCUT2D eigenvalue weighted by Gasteiger charge is -2.18. The van der Waals surface area contributed by atoms with Gasteiger partial charge in [-0.2, -0.15) is 0 Å². The number of nitrogen functional groups attached to an aromatic ring is 1. The van der Waals surface area contributed by atoms with E-state index in [1.807, 2.05) is 0 Å². The summed E-state index contributed by atoms with van der Waals surface area (Å²) in [4.78, 5) is 59.1. The van der Waals surface area contributed by atoms with Gasteiger partial charge in [-0.3, -0.25) is 19.2 Å². The highest BCUT2D eigenvalue weighted by Crippen LogP contribution is 2.20. The summed E-state index contributed by atoms with van der Waals surface area (Å²) in [5, 5.41) is 13.6. The van der Waals surface area contributed by atoms with E-state index in [2.05, 4.69) is 10.6 Å². The minimum atomic E-state index is -1.26. The number of nitrogens with two attached hydrogens (primary N) is 1. The number of anilines is 2. The molecule has 0 unspecified atom stereocenters. The van der Waals surface area contributed by atoms with Crippen LogP contribution in [0.2, 0.25) is 5.02 Å². The fourth-order valence-electron chi connectivity index (χ4n) is 2.52. The first-order valence-electron chi connectivity index (χ1n) is 8.69. The Labute approximate surface area is 175 Å². The average Bonchev–Trinajstić information content (AvgIpc) is 2.70. The highest BCUT2D eigenvalue weighted by Gasteiger charge is 2.22. The topological polar surface area (TPSA) is 161 Å². The second kappa shape index (κ2) is 9.70. The first-order valence-corrected chi connectivity index (χ1v) is 9.06. The van der Waals surface area contributed by atoms with E-state index in [4.69, 9.17) is 22.4 Å². The van der Waals surface area contributed by atoms with Crippen molar-refractivity contribution in [2.24, 2.45) is 0 Å². The number of rotatable bonds is 8. The Bertz CT molecular complexity index is 1050. The van der Waals surface area contributed by atoms with Crippen LogP contribution >= 0.6 is 11.6 Å². The van der Waals surface area contributed by atoms with Gasteiger partial charge in [0, 0.05) is 11.8 Å². The van der Waals surface area contributed by atoms with Crippen LogP contribution in [0.5, 0.6) is 0 Å². The first-order chi connectivity index (χ1) is 14.1. The van der Waals surface area contributed by atoms with E-state index in [-0.39, 0.29) is 16.3 Å². The standard InChI is InChI=1S/C19H19ClN4O6/c1-10(17(28)22-12(9-25)8-16(26)27)24-6-2-3-15(19(24)30)23-18(29)11-4-5-14(21)13(20)7-11/h2-7,9-10,12H,8,21H2,1H3,(H,22,28)(H,23,29)(H,26,27)/t10-,12+/m1/s1. The van der Waals surface area contributed by atoms with Crippen LogP contribution in [0.25, 0.3) is 0 Å². The molecule has 158 valence electrons. The SMILES string of the molecule is C[C@H](C(=O)N[C@H](C=O)CC(=O)O)n1cccc(NC(=O)c2ccc(N)c(Cl)c2)c1=O. The van der Waals surface area contributed by atoms with Crippen LogP contribution in [0.1, 0.15) is 29.7 Å². The number of pyridine rings is 1. The van der Waals surface area contributed by atoms with E-state index in [1.165, 1.54) is 43.5 Å². The molecule has 1 heterocycles. The third-order valence-electron chi connectivity index (χ3n) is 4.17. The summed E-state index contributed by atoms with van der Waals surface area (Å²) in [6.45, 7) is 1.39. The van der Waals surface area contributed by atoms with Crippen molar-refractivity contribution in [3.05, 3.63) is 57.5 Å². The van der Waals surface area contributed by atoms with Gasteiger partial charge in [-0.15, -0.1) is 0 Å². The van der Waals surface area contributed by atoms with Crippen molar-refractivity contribution in [2.75, 3.05) is 11.1 Å². The zero-order chi connectivity index (χ0) is 22.4. The molecule has 0 aliphatic carbocycles. The molecule has 30 heavy (non-hydrogen) atoms. The molecule has 2 rings (SSSR count). The first kappa shape index (κ1) is 22.6. The number of nitrogens with one attached hydrogen (secondary N) is 2. The van der Waals surface area contributed by atoms with Crippen molar-refractivity contribution < 1.29 is 24.3 Å². The van der Waals surface area contributed by atoms with Gasteiger partial charge in [0.2, 0.25) is 5.91 Å². The number of aldehydes is 1. The molecule has 2 amide bonds. The summed E-state index contributed by atoms with van der Waals surface area (Å²) in [5.74, 6) is -2.60. The number of nitrogens with zero attached hydrogens (tertiary/aromatic N) is 1. The molecular formula is C19H19ClN4O6. The third kappa shape index (κ3) is 5.45. The van der Waals surface area contributed by atoms with Gasteiger partial charge in [0.25, 0.3) is 11.5 Å². The molecule has 0 aliphatic rings. The molecule has 2 aromatic rings. The van der Waals surface area contributed by atoms with Crippen LogP contribution in [-0.2, 0) is 14.4 Å². The maximum absolute atomic E-state index is 12.7. The molecule has 2 atom stereocenters. The quantitative estimate of drug-likeness (QED) is 0.356. The molecule has 11 heteroatoms. The fraction of sp³-hybridized carbons (Fsp3) is 0.211. The Balaban J connectivity index is 2.20. The number of aliphatic carboxylic acids is 1. The summed E-state index contributed by atoms with van der Waals surface area (Å²) >= 11 is 5.90. The third-order valence-corrected chi connectivity index (χ3v) is 4.50. The maximum Gasteiger partial charge on any atom is 0.305 e. The Morgan fingerprint density at radius 2 is 2.00 bits per heavy atom. The molecular weight excluding hydrogens is 416 g/mol. The normalized spacial score (nSPS) is 12.5. The van der Waals surface area contributed by atoms with Gasteiger partial charge >= 0.3 is 5.97 Å². The molecule has 10 nitrogen and oxygen atoms in total. The minimum Gasteiger partial charge on any atom is -0.481 e. The van der Waals surface area contributed by atoms with Crippen LogP contribution in [0.15, 0.2) is 41.3 Å². The van der Waals surface area contributed by atoms with E-state index in [0.717, 1.165) is 4.57 Å². The van der Waals surface area contributed by atoms with Crippen molar-refractivity contribution in [3.8, 4) is 0 Å². The van der Waals surface area contributed by atoms with Gasteiger partial charge < -0.3 is 30.8 Å². The Kier molecular flexibility index (Phi) is 7.32. The van der Waals surface area contributed by atoms with Gasteiger partial charge in [-0.05, 0) is 37.3 Å². The molecule has 1 aromatic heterocycles. The molecule has 0 aliphatic heterocycles. The summed E-state index contributed by atoms with van der Waals surface area (Å²) in [7, 11) is 0. The molecule has 1 aromatic carbocycles. The number of carbonyl (C=O) groups excluding carboxylic acids is 3. The Morgan fingerprint density at radius 1 is 1.30 bits per heavy atom. The number of amides is 2. The summed E-state index contributed by atoms with van der Waals surface area (Å²) in [6.07, 6.45) is 1.04. The van der Waals surface area contributed by atoms with Crippen LogP contribution < -0.4 is 21.9 Å². The number of carboxylic acids is 1. The van der Waals surface area contributed by atoms with Crippen molar-refractivity contribution in [1.82, 2.24) is 9.88 Å². The van der Waals surface area contributed by atoms with Crippen LogP contribution in [0.4, 0.5) is 11.4 Å². The summed E-state index contributed by atoms with van der Waals surface area (Å²) < 4.78 is 1.05. The summed E-state index contributed by atoms with van der Waals surface area (Å²) in [6, 6.07) is 4.75. The highest BCUT2D eigenvalue weighted by atomic mass is 35.5. The minimum absolute atomic E-state index is 0.0902. The van der Waals surface area contributed by atoms with E-state index in [9.17, 15) is 24.0 Å². The Morgan fingerprint density at radius 3 is 2.60 bits per heavy atom. The van der Waals surface area contributed by atoms with Crippen molar-refractivity contribution in [2.45, 2.75) is 25.4 Å². The predicted octanol–water partition coefficient (Wildman–Crippen LogP) is 1.06. The van der Waals surface area contributed by atoms with Crippen molar-refractivity contribution in [1.29, 1.82) is 0 Å². The number of aromatic nitrogens is 1. The zero-order valence-electron chi connectivity index (χ0n) is 15.8.